The van der Waals surface area contributed by atoms with Gasteiger partial charge < -0.3 is 14.3 Å². The van der Waals surface area contributed by atoms with E-state index < -0.39 is 8.60 Å². The predicted octanol–water partition coefficient (Wildman–Crippen LogP) is 3.56. The van der Waals surface area contributed by atoms with E-state index in [2.05, 4.69) is 13.8 Å². The van der Waals surface area contributed by atoms with Crippen LogP contribution in [0.4, 0.5) is 0 Å². The first-order valence-electron chi connectivity index (χ1n) is 5.99. The van der Waals surface area contributed by atoms with Crippen LogP contribution in [0.1, 0.15) is 37.8 Å². The van der Waals surface area contributed by atoms with Crippen molar-refractivity contribution in [3.8, 4) is 5.75 Å². The van der Waals surface area contributed by atoms with Crippen molar-refractivity contribution in [3.63, 3.8) is 0 Å². The second-order valence-electron chi connectivity index (χ2n) is 4.51. The first-order valence-corrected chi connectivity index (χ1v) is 7.15. The molecule has 0 aliphatic carbocycles. The lowest BCUT2D eigenvalue weighted by Gasteiger charge is -2.16. The number of hydrogen-bond acceptors (Lipinski definition) is 3. The van der Waals surface area contributed by atoms with Gasteiger partial charge in [-0.15, -0.1) is 0 Å². The average molecular weight is 256 g/mol. The van der Waals surface area contributed by atoms with Crippen molar-refractivity contribution in [1.82, 2.24) is 0 Å². The summed E-state index contributed by atoms with van der Waals surface area (Å²) in [5.74, 6) is 1.21. The second kappa shape index (κ2) is 6.95. The van der Waals surface area contributed by atoms with Gasteiger partial charge in [0, 0.05) is 0 Å². The normalized spacial score (nSPS) is 12.8. The lowest BCUT2D eigenvalue weighted by atomic mass is 9.95. The third-order valence-corrected chi connectivity index (χ3v) is 3.16. The molecule has 0 aromatic heterocycles. The molecule has 0 amide bonds. The maximum absolute atomic E-state index is 8.99. The second-order valence-corrected chi connectivity index (χ2v) is 5.19. The highest BCUT2D eigenvalue weighted by molar-refractivity contribution is 7.39. The highest BCUT2D eigenvalue weighted by Gasteiger charge is 2.13. The minimum Gasteiger partial charge on any atom is -0.426 e. The average Bonchev–Trinajstić information content (AvgIpc) is 2.23. The summed E-state index contributed by atoms with van der Waals surface area (Å²) in [5, 5.41) is 0. The largest absolute Gasteiger partial charge is 0.426 e. The number of para-hydroxylation sites is 1. The Morgan fingerprint density at radius 3 is 2.65 bits per heavy atom. The van der Waals surface area contributed by atoms with E-state index in [-0.39, 0.29) is 0 Å². The van der Waals surface area contributed by atoms with Gasteiger partial charge in [-0.25, -0.2) is 0 Å². The van der Waals surface area contributed by atoms with Gasteiger partial charge in [0.1, 0.15) is 5.75 Å². The van der Waals surface area contributed by atoms with Crippen LogP contribution < -0.4 is 4.52 Å². The highest BCUT2D eigenvalue weighted by atomic mass is 31.2. The fourth-order valence-electron chi connectivity index (χ4n) is 2.06. The fourth-order valence-corrected chi connectivity index (χ4v) is 2.48. The Bertz CT molecular complexity index is 353. The summed E-state index contributed by atoms with van der Waals surface area (Å²) < 4.78 is 5.13. The molecule has 0 aliphatic rings. The maximum Gasteiger partial charge on any atom is 0.391 e. The third kappa shape index (κ3) is 4.63. The summed E-state index contributed by atoms with van der Waals surface area (Å²) >= 11 is 0. The zero-order valence-electron chi connectivity index (χ0n) is 10.7. The molecule has 0 heterocycles. The first kappa shape index (κ1) is 14.4. The Kier molecular flexibility index (Phi) is 5.90. The molecule has 17 heavy (non-hydrogen) atoms. The van der Waals surface area contributed by atoms with Crippen molar-refractivity contribution in [1.29, 1.82) is 0 Å². The Morgan fingerprint density at radius 2 is 2.06 bits per heavy atom. The summed E-state index contributed by atoms with van der Waals surface area (Å²) in [7, 11) is -2.34. The van der Waals surface area contributed by atoms with Crippen LogP contribution in [0.3, 0.4) is 0 Å². The molecule has 0 radical (unpaired) electrons. The van der Waals surface area contributed by atoms with E-state index in [1.54, 1.807) is 0 Å². The lowest BCUT2D eigenvalue weighted by molar-refractivity contribution is 0.370. The van der Waals surface area contributed by atoms with E-state index >= 15 is 0 Å². The van der Waals surface area contributed by atoms with Crippen molar-refractivity contribution in [2.45, 2.75) is 40.0 Å². The molecule has 4 heteroatoms. The molecule has 0 fully saturated rings. The van der Waals surface area contributed by atoms with Crippen molar-refractivity contribution < 1.29 is 14.3 Å². The number of aryl methyl sites for hydroxylation is 1. The van der Waals surface area contributed by atoms with E-state index in [9.17, 15) is 0 Å². The van der Waals surface area contributed by atoms with Crippen LogP contribution in [-0.4, -0.2) is 9.79 Å². The molecule has 1 unspecified atom stereocenters. The lowest BCUT2D eigenvalue weighted by Crippen LogP contribution is -2.02. The number of benzene rings is 1. The van der Waals surface area contributed by atoms with Crippen LogP contribution in [0.2, 0.25) is 0 Å². The van der Waals surface area contributed by atoms with Crippen molar-refractivity contribution >= 4 is 8.60 Å². The molecule has 0 aliphatic heterocycles. The molecule has 1 rings (SSSR count). The standard InChI is InChI=1S/C13H21O3P/c1-4-6-10(2)9-12-8-5-7-11(3)13(12)16-17(14)15/h5,7-8,10,14-15H,4,6,9H2,1-3H3. The van der Waals surface area contributed by atoms with Gasteiger partial charge in [0.05, 0.1) is 0 Å². The Morgan fingerprint density at radius 1 is 1.35 bits per heavy atom. The molecule has 1 atom stereocenters. The Balaban J connectivity index is 2.86. The fraction of sp³-hybridized carbons (Fsp3) is 0.538. The van der Waals surface area contributed by atoms with Crippen LogP contribution >= 0.6 is 8.60 Å². The summed E-state index contributed by atoms with van der Waals surface area (Å²) in [4.78, 5) is 18.0. The molecule has 0 spiro atoms. The first-order chi connectivity index (χ1) is 8.04. The SMILES string of the molecule is CCCC(C)Cc1cccc(C)c1OP(O)O. The highest BCUT2D eigenvalue weighted by Crippen LogP contribution is 2.35. The van der Waals surface area contributed by atoms with Gasteiger partial charge in [-0.2, -0.15) is 0 Å². The topological polar surface area (TPSA) is 49.7 Å². The zero-order valence-corrected chi connectivity index (χ0v) is 11.6. The molecule has 3 nitrogen and oxygen atoms in total. The zero-order chi connectivity index (χ0) is 12.8. The monoisotopic (exact) mass is 256 g/mol. The number of rotatable bonds is 6. The smallest absolute Gasteiger partial charge is 0.391 e. The maximum atomic E-state index is 8.99. The van der Waals surface area contributed by atoms with E-state index in [0.717, 1.165) is 24.0 Å². The van der Waals surface area contributed by atoms with Gasteiger partial charge in [0.15, 0.2) is 0 Å². The molecule has 96 valence electrons. The van der Waals surface area contributed by atoms with Crippen LogP contribution in [0.15, 0.2) is 18.2 Å². The van der Waals surface area contributed by atoms with Gasteiger partial charge in [0.2, 0.25) is 0 Å². The van der Waals surface area contributed by atoms with Gasteiger partial charge >= 0.3 is 8.60 Å². The predicted molar refractivity (Wildman–Crippen MR) is 70.9 cm³/mol. The molecular formula is C13H21O3P. The van der Waals surface area contributed by atoms with Crippen LogP contribution in [0.5, 0.6) is 5.75 Å². The summed E-state index contributed by atoms with van der Waals surface area (Å²) in [5.41, 5.74) is 2.00. The molecule has 2 N–H and O–H groups in total. The van der Waals surface area contributed by atoms with Gasteiger partial charge in [-0.05, 0) is 30.4 Å². The number of hydrogen-bond donors (Lipinski definition) is 2. The molecule has 0 bridgehead atoms. The minimum absolute atomic E-state index is 0.577. The Labute approximate surface area is 104 Å². The minimum atomic E-state index is -2.34. The van der Waals surface area contributed by atoms with Crippen molar-refractivity contribution in [2.24, 2.45) is 5.92 Å². The molecule has 1 aromatic carbocycles. The van der Waals surface area contributed by atoms with E-state index in [0.29, 0.717) is 11.7 Å². The summed E-state index contributed by atoms with van der Waals surface area (Å²) in [6, 6.07) is 5.89. The van der Waals surface area contributed by atoms with Crippen LogP contribution in [-0.2, 0) is 6.42 Å². The summed E-state index contributed by atoms with van der Waals surface area (Å²) in [6.07, 6.45) is 3.24. The van der Waals surface area contributed by atoms with E-state index in [4.69, 9.17) is 14.3 Å². The van der Waals surface area contributed by atoms with Gasteiger partial charge in [0.25, 0.3) is 0 Å². The molecule has 1 aromatic rings. The van der Waals surface area contributed by atoms with E-state index in [1.807, 2.05) is 25.1 Å². The van der Waals surface area contributed by atoms with Gasteiger partial charge in [-0.3, -0.25) is 0 Å². The van der Waals surface area contributed by atoms with Crippen molar-refractivity contribution in [2.75, 3.05) is 0 Å². The molecule has 0 saturated carbocycles. The van der Waals surface area contributed by atoms with Crippen molar-refractivity contribution in [3.05, 3.63) is 29.3 Å². The molecule has 0 saturated heterocycles. The molecular weight excluding hydrogens is 235 g/mol. The van der Waals surface area contributed by atoms with E-state index in [1.165, 1.54) is 6.42 Å². The third-order valence-electron chi connectivity index (χ3n) is 2.82. The van der Waals surface area contributed by atoms with Gasteiger partial charge in [-0.1, -0.05) is 44.9 Å². The van der Waals surface area contributed by atoms with Crippen LogP contribution in [0, 0.1) is 12.8 Å². The summed E-state index contributed by atoms with van der Waals surface area (Å²) in [6.45, 7) is 6.29. The van der Waals surface area contributed by atoms with Crippen LogP contribution in [0.25, 0.3) is 0 Å². The quantitative estimate of drug-likeness (QED) is 0.765. The Hall–Kier alpha value is -0.630.